The fraction of sp³-hybridized carbons (Fsp3) is 0.556. The summed E-state index contributed by atoms with van der Waals surface area (Å²) in [6, 6.07) is 0. The normalized spacial score (nSPS) is 11.2. The molecule has 56 valence electrons. The molecule has 0 heterocycles. The van der Waals surface area contributed by atoms with Crippen molar-refractivity contribution in [1.29, 1.82) is 0 Å². The van der Waals surface area contributed by atoms with Crippen LogP contribution >= 0.6 is 15.9 Å². The Morgan fingerprint density at radius 1 is 1.40 bits per heavy atom. The molecule has 0 fully saturated rings. The van der Waals surface area contributed by atoms with Crippen molar-refractivity contribution in [3.05, 3.63) is 11.1 Å². The van der Waals surface area contributed by atoms with Crippen LogP contribution in [0.15, 0.2) is 11.1 Å². The van der Waals surface area contributed by atoms with Crippen molar-refractivity contribution in [2.75, 3.05) is 0 Å². The maximum Gasteiger partial charge on any atom is 0.0277 e. The molecule has 0 N–H and O–H groups in total. The van der Waals surface area contributed by atoms with Crippen molar-refractivity contribution < 1.29 is 0 Å². The molecule has 0 radical (unpaired) electrons. The molecule has 0 aliphatic rings. The van der Waals surface area contributed by atoms with E-state index in [9.17, 15) is 0 Å². The van der Waals surface area contributed by atoms with E-state index in [0.717, 1.165) is 6.42 Å². The third-order valence-electron chi connectivity index (χ3n) is 0.772. The zero-order chi connectivity index (χ0) is 8.04. The minimum Gasteiger partial charge on any atom is -0.0986 e. The summed E-state index contributed by atoms with van der Waals surface area (Å²) in [4.78, 5) is 1.84. The van der Waals surface area contributed by atoms with Gasteiger partial charge >= 0.3 is 0 Å². The van der Waals surface area contributed by atoms with Gasteiger partial charge < -0.3 is 0 Å². The number of halogens is 1. The molecule has 0 aromatic carbocycles. The lowest BCUT2D eigenvalue weighted by atomic mass is 9.98. The van der Waals surface area contributed by atoms with Crippen LogP contribution in [0, 0.1) is 17.3 Å². The minimum atomic E-state index is 0.139. The zero-order valence-electron chi connectivity index (χ0n) is 6.74. The lowest BCUT2D eigenvalue weighted by molar-refractivity contribution is 0.570. The van der Waals surface area contributed by atoms with Gasteiger partial charge in [-0.15, -0.1) is 0 Å². The van der Waals surface area contributed by atoms with Gasteiger partial charge in [0, 0.05) is 11.8 Å². The van der Waals surface area contributed by atoms with Crippen LogP contribution in [0.3, 0.4) is 0 Å². The summed E-state index contributed by atoms with van der Waals surface area (Å²) in [7, 11) is 0. The fourth-order valence-corrected chi connectivity index (χ4v) is 0.607. The summed E-state index contributed by atoms with van der Waals surface area (Å²) < 4.78 is 0. The molecule has 0 atom stereocenters. The van der Waals surface area contributed by atoms with Crippen molar-refractivity contribution in [2.24, 2.45) is 5.41 Å². The van der Waals surface area contributed by atoms with Crippen LogP contribution < -0.4 is 0 Å². The first kappa shape index (κ1) is 9.78. The summed E-state index contributed by atoms with van der Waals surface area (Å²) in [6.07, 6.45) is 2.82. The van der Waals surface area contributed by atoms with Gasteiger partial charge in [-0.1, -0.05) is 33.8 Å². The van der Waals surface area contributed by atoms with Crippen molar-refractivity contribution in [3.8, 4) is 11.8 Å². The van der Waals surface area contributed by atoms with Crippen LogP contribution in [0.5, 0.6) is 0 Å². The highest BCUT2D eigenvalue weighted by molar-refractivity contribution is 9.11. The minimum absolute atomic E-state index is 0.139. The van der Waals surface area contributed by atoms with Gasteiger partial charge in [-0.25, -0.2) is 0 Å². The van der Waals surface area contributed by atoms with E-state index < -0.39 is 0 Å². The first-order valence-electron chi connectivity index (χ1n) is 3.31. The highest BCUT2D eigenvalue weighted by Gasteiger charge is 2.02. The second-order valence-corrected chi connectivity index (χ2v) is 3.65. The maximum absolute atomic E-state index is 3.18. The molecular weight excluding hydrogens is 188 g/mol. The summed E-state index contributed by atoms with van der Waals surface area (Å²) in [5, 5.41) is 0. The van der Waals surface area contributed by atoms with E-state index in [1.54, 1.807) is 0 Å². The average Bonchev–Trinajstić information content (AvgIpc) is 1.78. The second kappa shape index (κ2) is 4.57. The summed E-state index contributed by atoms with van der Waals surface area (Å²) in [5.41, 5.74) is 0.139. The van der Waals surface area contributed by atoms with Crippen molar-refractivity contribution >= 4 is 15.9 Å². The van der Waals surface area contributed by atoms with E-state index >= 15 is 0 Å². The first-order valence-corrected chi connectivity index (χ1v) is 4.23. The second-order valence-electron chi connectivity index (χ2n) is 3.12. The van der Waals surface area contributed by atoms with Crippen LogP contribution in [0.1, 0.15) is 27.2 Å². The zero-order valence-corrected chi connectivity index (χ0v) is 8.33. The highest BCUT2D eigenvalue weighted by atomic mass is 79.9. The average molecular weight is 201 g/mol. The molecule has 0 rings (SSSR count). The summed E-state index contributed by atoms with van der Waals surface area (Å²) in [5.74, 6) is 6.19. The molecule has 1 heteroatoms. The van der Waals surface area contributed by atoms with E-state index in [2.05, 4.69) is 48.5 Å². The smallest absolute Gasteiger partial charge is 0.0277 e. The standard InChI is InChI=1S/C9H13Br/c1-9(2,3)7-5-4-6-8-10/h6,8H,4H2,1-3H3/b8-6+. The number of hydrogen-bond acceptors (Lipinski definition) is 0. The molecule has 0 aliphatic carbocycles. The molecule has 0 saturated carbocycles. The Labute approximate surface area is 71.8 Å². The summed E-state index contributed by atoms with van der Waals surface area (Å²) >= 11 is 3.18. The fourth-order valence-electron chi connectivity index (χ4n) is 0.420. The summed E-state index contributed by atoms with van der Waals surface area (Å²) in [6.45, 7) is 6.33. The van der Waals surface area contributed by atoms with Gasteiger partial charge in [0.2, 0.25) is 0 Å². The monoisotopic (exact) mass is 200 g/mol. The van der Waals surface area contributed by atoms with Gasteiger partial charge in [-0.2, -0.15) is 0 Å². The van der Waals surface area contributed by atoms with Crippen molar-refractivity contribution in [1.82, 2.24) is 0 Å². The third kappa shape index (κ3) is 7.78. The Morgan fingerprint density at radius 3 is 2.40 bits per heavy atom. The van der Waals surface area contributed by atoms with Crippen molar-refractivity contribution in [2.45, 2.75) is 27.2 Å². The van der Waals surface area contributed by atoms with Crippen LogP contribution in [-0.2, 0) is 0 Å². The van der Waals surface area contributed by atoms with E-state index in [1.165, 1.54) is 0 Å². The molecule has 0 aromatic heterocycles. The predicted octanol–water partition coefficient (Wildman–Crippen LogP) is 3.33. The maximum atomic E-state index is 3.18. The van der Waals surface area contributed by atoms with Crippen LogP contribution in [0.25, 0.3) is 0 Å². The third-order valence-corrected chi connectivity index (χ3v) is 1.15. The van der Waals surface area contributed by atoms with Gasteiger partial charge in [-0.3, -0.25) is 0 Å². The van der Waals surface area contributed by atoms with E-state index in [4.69, 9.17) is 0 Å². The molecule has 0 aliphatic heterocycles. The van der Waals surface area contributed by atoms with Gasteiger partial charge in [0.25, 0.3) is 0 Å². The Balaban J connectivity index is 3.70. The number of hydrogen-bond donors (Lipinski definition) is 0. The molecule has 0 nitrogen and oxygen atoms in total. The molecular formula is C9H13Br. The first-order chi connectivity index (χ1) is 4.56. The SMILES string of the molecule is CC(C)(C)C#CC/C=C/Br. The van der Waals surface area contributed by atoms with Gasteiger partial charge in [0.15, 0.2) is 0 Å². The Hall–Kier alpha value is -0.220. The lowest BCUT2D eigenvalue weighted by Crippen LogP contribution is -1.98. The van der Waals surface area contributed by atoms with Gasteiger partial charge in [-0.05, 0) is 25.8 Å². The van der Waals surface area contributed by atoms with E-state index in [-0.39, 0.29) is 5.41 Å². The van der Waals surface area contributed by atoms with Crippen LogP contribution in [-0.4, -0.2) is 0 Å². The van der Waals surface area contributed by atoms with E-state index in [1.807, 2.05) is 11.1 Å². The lowest BCUT2D eigenvalue weighted by Gasteiger charge is -2.06. The van der Waals surface area contributed by atoms with Gasteiger partial charge in [0.05, 0.1) is 0 Å². The van der Waals surface area contributed by atoms with Crippen LogP contribution in [0.2, 0.25) is 0 Å². The highest BCUT2D eigenvalue weighted by Crippen LogP contribution is 2.09. The Kier molecular flexibility index (Phi) is 4.47. The Bertz CT molecular complexity index is 161. The van der Waals surface area contributed by atoms with E-state index in [0.29, 0.717) is 0 Å². The quantitative estimate of drug-likeness (QED) is 0.571. The van der Waals surface area contributed by atoms with Gasteiger partial charge in [0.1, 0.15) is 0 Å². The predicted molar refractivity (Wildman–Crippen MR) is 49.9 cm³/mol. The topological polar surface area (TPSA) is 0 Å². The molecule has 0 aromatic rings. The Morgan fingerprint density at radius 2 is 2.00 bits per heavy atom. The largest absolute Gasteiger partial charge is 0.0986 e. The number of rotatable bonds is 1. The molecule has 0 amide bonds. The van der Waals surface area contributed by atoms with Crippen molar-refractivity contribution in [3.63, 3.8) is 0 Å². The number of allylic oxidation sites excluding steroid dienone is 1. The molecule has 0 saturated heterocycles. The van der Waals surface area contributed by atoms with Crippen LogP contribution in [0.4, 0.5) is 0 Å². The molecule has 0 bridgehead atoms. The molecule has 10 heavy (non-hydrogen) atoms. The molecule has 0 spiro atoms. The molecule has 0 unspecified atom stereocenters.